The van der Waals surface area contributed by atoms with Gasteiger partial charge in [0.1, 0.15) is 17.1 Å². The van der Waals surface area contributed by atoms with Gasteiger partial charge in [0.2, 0.25) is 0 Å². The second-order valence-electron chi connectivity index (χ2n) is 16.8. The maximum absolute atomic E-state index is 14.6. The zero-order valence-corrected chi connectivity index (χ0v) is 35.5. The summed E-state index contributed by atoms with van der Waals surface area (Å²) in [6.07, 6.45) is 4.74. The molecular weight excluding hydrogens is 783 g/mol. The molecule has 3 heterocycles. The Morgan fingerprint density at radius 1 is 0.746 bits per heavy atom. The molecular formula is C53H49N7O3. The minimum Gasteiger partial charge on any atom is -0.299 e. The molecule has 0 bridgehead atoms. The van der Waals surface area contributed by atoms with Gasteiger partial charge in [0, 0.05) is 25.5 Å². The normalized spacial score (nSPS) is 17.9. The number of ketones is 1. The monoisotopic (exact) mass is 831 g/mol. The van der Waals surface area contributed by atoms with Crippen LogP contribution >= 0.6 is 0 Å². The van der Waals surface area contributed by atoms with E-state index in [-0.39, 0.29) is 29.4 Å². The molecule has 1 aliphatic heterocycles. The van der Waals surface area contributed by atoms with Crippen molar-refractivity contribution >= 4 is 16.7 Å². The highest BCUT2D eigenvalue weighted by Crippen LogP contribution is 2.45. The van der Waals surface area contributed by atoms with Crippen LogP contribution in [0.5, 0.6) is 0 Å². The minimum atomic E-state index is -0.895. The number of aromatic nitrogens is 6. The summed E-state index contributed by atoms with van der Waals surface area (Å²) < 4.78 is 3.80. The van der Waals surface area contributed by atoms with Gasteiger partial charge in [-0.15, -0.1) is 5.10 Å². The molecule has 0 spiro atoms. The van der Waals surface area contributed by atoms with E-state index in [1.807, 2.05) is 69.9 Å². The van der Waals surface area contributed by atoms with Crippen molar-refractivity contribution in [1.82, 2.24) is 34.8 Å². The van der Waals surface area contributed by atoms with E-state index in [4.69, 9.17) is 20.1 Å². The second kappa shape index (κ2) is 17.1. The molecule has 10 heteroatoms. The highest BCUT2D eigenvalue weighted by molar-refractivity contribution is 5.85. The lowest BCUT2D eigenvalue weighted by Gasteiger charge is -2.36. The lowest BCUT2D eigenvalue weighted by molar-refractivity contribution is -0.149. The summed E-state index contributed by atoms with van der Waals surface area (Å²) in [5.41, 5.74) is 7.51. The van der Waals surface area contributed by atoms with Crippen LogP contribution in [0.25, 0.3) is 33.4 Å². The molecule has 2 fully saturated rings. The fourth-order valence-corrected chi connectivity index (χ4v) is 10.00. The molecule has 0 unspecified atom stereocenters. The summed E-state index contributed by atoms with van der Waals surface area (Å²) in [5, 5.41) is 16.3. The van der Waals surface area contributed by atoms with Crippen molar-refractivity contribution in [2.75, 3.05) is 7.05 Å². The number of nitrogens with zero attached hydrogens (tertiary/aromatic N) is 7. The molecule has 10 rings (SSSR count). The Hall–Kier alpha value is -6.88. The number of hydroxylamine groups is 2. The quantitative estimate of drug-likeness (QED) is 0.112. The molecule has 63 heavy (non-hydrogen) atoms. The average Bonchev–Trinajstić information content (AvgIpc) is 3.96. The van der Waals surface area contributed by atoms with Gasteiger partial charge in [-0.1, -0.05) is 159 Å². The third kappa shape index (κ3) is 7.19. The molecule has 314 valence electrons. The Morgan fingerprint density at radius 2 is 1.38 bits per heavy atom. The number of carbonyl (C=O) groups is 1. The van der Waals surface area contributed by atoms with E-state index in [1.54, 1.807) is 0 Å². The maximum atomic E-state index is 14.6. The summed E-state index contributed by atoms with van der Waals surface area (Å²) in [7, 11) is 1.89. The number of unbranched alkanes of at least 4 members (excludes halogenated alkanes) is 1. The SMILES string of the molecule is CCCCc1nc2ccc([C@H]3[C@@H]4C(=O)CCC[C@@H]4ON3C)cc2c(=O)n1Cc1ccc(-c2ccccc2-c2nnnn2C(c2ccccc2)(c2ccccc2)c2ccccc2)cc1. The van der Waals surface area contributed by atoms with Crippen molar-refractivity contribution in [3.63, 3.8) is 0 Å². The minimum absolute atomic E-state index is 0.0824. The highest BCUT2D eigenvalue weighted by atomic mass is 16.7. The number of hydrogen-bond acceptors (Lipinski definition) is 8. The Bertz CT molecular complexity index is 2850. The van der Waals surface area contributed by atoms with E-state index >= 15 is 0 Å². The average molecular weight is 832 g/mol. The van der Waals surface area contributed by atoms with Crippen LogP contribution in [0, 0.1) is 5.92 Å². The number of carbonyl (C=O) groups excluding carboxylic acids is 1. The van der Waals surface area contributed by atoms with Gasteiger partial charge in [0.15, 0.2) is 5.82 Å². The van der Waals surface area contributed by atoms with Gasteiger partial charge in [0.05, 0.1) is 35.5 Å². The molecule has 0 amide bonds. The smallest absolute Gasteiger partial charge is 0.261 e. The predicted octanol–water partition coefficient (Wildman–Crippen LogP) is 9.60. The third-order valence-corrected chi connectivity index (χ3v) is 13.0. The van der Waals surface area contributed by atoms with E-state index in [0.717, 1.165) is 76.0 Å². The number of tetrazole rings is 1. The first-order valence-electron chi connectivity index (χ1n) is 22.1. The van der Waals surface area contributed by atoms with Crippen LogP contribution in [0.3, 0.4) is 0 Å². The summed E-state index contributed by atoms with van der Waals surface area (Å²) in [4.78, 5) is 39.0. The number of aryl methyl sites for hydroxylation is 1. The van der Waals surface area contributed by atoms with E-state index in [1.165, 1.54) is 0 Å². The van der Waals surface area contributed by atoms with Crippen LogP contribution < -0.4 is 5.56 Å². The van der Waals surface area contributed by atoms with Gasteiger partial charge in [-0.05, 0) is 80.8 Å². The highest BCUT2D eigenvalue weighted by Gasteiger charge is 2.48. The van der Waals surface area contributed by atoms with Crippen molar-refractivity contribution < 1.29 is 9.63 Å². The molecule has 2 aromatic heterocycles. The Labute approximate surface area is 366 Å². The van der Waals surface area contributed by atoms with Crippen LogP contribution in [0.15, 0.2) is 163 Å². The molecule has 1 saturated heterocycles. The summed E-state index contributed by atoms with van der Waals surface area (Å²) >= 11 is 0. The number of fused-ring (bicyclic) bond motifs is 2. The van der Waals surface area contributed by atoms with Crippen molar-refractivity contribution in [3.8, 4) is 22.5 Å². The molecule has 0 N–H and O–H groups in total. The lowest BCUT2D eigenvalue weighted by Crippen LogP contribution is -2.39. The van der Waals surface area contributed by atoms with Gasteiger partial charge >= 0.3 is 0 Å². The van der Waals surface area contributed by atoms with Gasteiger partial charge in [0.25, 0.3) is 5.56 Å². The van der Waals surface area contributed by atoms with Crippen molar-refractivity contribution in [2.24, 2.45) is 5.92 Å². The maximum Gasteiger partial charge on any atom is 0.261 e. The first-order chi connectivity index (χ1) is 30.9. The van der Waals surface area contributed by atoms with E-state index in [9.17, 15) is 9.59 Å². The fraction of sp³-hybridized carbons (Fsp3) is 0.245. The fourth-order valence-electron chi connectivity index (χ4n) is 10.00. The second-order valence-corrected chi connectivity index (χ2v) is 16.8. The lowest BCUT2D eigenvalue weighted by atomic mass is 9.77. The van der Waals surface area contributed by atoms with Gasteiger partial charge in [-0.2, -0.15) is 5.06 Å². The van der Waals surface area contributed by atoms with Gasteiger partial charge in [-0.3, -0.25) is 19.0 Å². The van der Waals surface area contributed by atoms with Crippen LogP contribution in [0.1, 0.15) is 78.7 Å². The van der Waals surface area contributed by atoms with E-state index in [2.05, 4.69) is 121 Å². The predicted molar refractivity (Wildman–Crippen MR) is 245 cm³/mol. The molecule has 10 nitrogen and oxygen atoms in total. The van der Waals surface area contributed by atoms with Gasteiger partial charge < -0.3 is 0 Å². The number of hydrogen-bond donors (Lipinski definition) is 0. The van der Waals surface area contributed by atoms with Crippen LogP contribution in [0.2, 0.25) is 0 Å². The zero-order valence-electron chi connectivity index (χ0n) is 35.5. The number of Topliss-reactive ketones (excluding diaryl/α,β-unsaturated/α-hetero) is 1. The van der Waals surface area contributed by atoms with Crippen LogP contribution in [-0.2, 0) is 28.1 Å². The van der Waals surface area contributed by atoms with Gasteiger partial charge in [-0.25, -0.2) is 9.67 Å². The molecule has 1 aliphatic carbocycles. The Kier molecular flexibility index (Phi) is 10.9. The molecule has 2 aliphatic rings. The van der Waals surface area contributed by atoms with Crippen LogP contribution in [-0.4, -0.2) is 53.8 Å². The molecule has 0 radical (unpaired) electrons. The molecule has 1 saturated carbocycles. The largest absolute Gasteiger partial charge is 0.299 e. The standard InChI is InChI=1S/C53H49N7O3/c1-3-4-27-48-54-45-33-32-38(50-49-46(61)25-16-26-47(49)63-58(50)2)34-44(45)52(62)59(48)35-36-28-30-37(31-29-36)42-23-14-15-24-43(42)51-55-56-57-60(51)53(39-17-8-5-9-18-39,40-19-10-6-11-20-40)41-21-12-7-13-22-41/h5-15,17-24,28-34,47,49-50H,3-4,16,25-27,35H2,1-2H3/t47-,49+,50-/m0/s1. The van der Waals surface area contributed by atoms with Crippen molar-refractivity contribution in [3.05, 3.63) is 202 Å². The number of rotatable bonds is 12. The van der Waals surface area contributed by atoms with Crippen molar-refractivity contribution in [1.29, 1.82) is 0 Å². The first-order valence-corrected chi connectivity index (χ1v) is 22.1. The molecule has 8 aromatic rings. The molecule has 3 atom stereocenters. The summed E-state index contributed by atoms with van der Waals surface area (Å²) in [6, 6.07) is 53.5. The topological polar surface area (TPSA) is 108 Å². The van der Waals surface area contributed by atoms with Crippen molar-refractivity contribution in [2.45, 2.75) is 69.7 Å². The van der Waals surface area contributed by atoms with E-state index in [0.29, 0.717) is 36.1 Å². The summed E-state index contributed by atoms with van der Waals surface area (Å²) in [5.74, 6) is 1.38. The van der Waals surface area contributed by atoms with E-state index < -0.39 is 5.54 Å². The van der Waals surface area contributed by atoms with Crippen LogP contribution in [0.4, 0.5) is 0 Å². The number of benzene rings is 6. The third-order valence-electron chi connectivity index (χ3n) is 13.0. The molecule has 6 aromatic carbocycles. The Balaban J connectivity index is 1.03. The summed E-state index contributed by atoms with van der Waals surface area (Å²) in [6.45, 7) is 2.52. The Morgan fingerprint density at radius 3 is 2.03 bits per heavy atom. The first kappa shape index (κ1) is 40.2. The zero-order chi connectivity index (χ0) is 42.9.